The lowest BCUT2D eigenvalue weighted by Crippen LogP contribution is -2.05. The molecule has 2 nitrogen and oxygen atoms in total. The monoisotopic (exact) mass is 243 g/mol. The van der Waals surface area contributed by atoms with Gasteiger partial charge in [-0.3, -0.25) is 4.79 Å². The fourth-order valence-electron chi connectivity index (χ4n) is 1.26. The lowest BCUT2D eigenvalue weighted by atomic mass is 10.1. The molecule has 1 rings (SSSR count). The Labute approximate surface area is 98.9 Å². The molecule has 0 fully saturated rings. The molecule has 0 aromatic heterocycles. The van der Waals surface area contributed by atoms with Crippen molar-refractivity contribution in [2.24, 2.45) is 0 Å². The van der Waals surface area contributed by atoms with Crippen LogP contribution in [0, 0.1) is 0 Å². The first-order chi connectivity index (χ1) is 6.91. The van der Waals surface area contributed by atoms with E-state index in [0.717, 1.165) is 5.57 Å². The first-order valence-corrected chi connectivity index (χ1v) is 5.10. The molecule has 0 heterocycles. The third kappa shape index (κ3) is 2.98. The summed E-state index contributed by atoms with van der Waals surface area (Å²) in [5.41, 5.74) is 2.09. The molecule has 80 valence electrons. The number of rotatable bonds is 2. The van der Waals surface area contributed by atoms with Crippen molar-refractivity contribution in [1.29, 1.82) is 0 Å². The van der Waals surface area contributed by atoms with E-state index in [1.165, 1.54) is 6.92 Å². The molecule has 1 aromatic carbocycles. The summed E-state index contributed by atoms with van der Waals surface area (Å²) in [5.74, 6) is -0.162. The Morgan fingerprint density at radius 2 is 1.73 bits per heavy atom. The Hall–Kier alpha value is -0.990. The standard InChI is InChI=1S/C11H11Cl2NO/c1-6(2)11-9(12)4-8(5-10(11)13)14-7(3)15/h4-5H,1H2,2-3H3,(H,14,15). The molecule has 0 aliphatic carbocycles. The fraction of sp³-hybridized carbons (Fsp3) is 0.182. The van der Waals surface area contributed by atoms with E-state index in [0.29, 0.717) is 21.3 Å². The van der Waals surface area contributed by atoms with E-state index >= 15 is 0 Å². The zero-order valence-electron chi connectivity index (χ0n) is 8.53. The molecule has 0 spiro atoms. The van der Waals surface area contributed by atoms with Crippen molar-refractivity contribution in [2.45, 2.75) is 13.8 Å². The lowest BCUT2D eigenvalue weighted by Gasteiger charge is -2.09. The molecule has 0 bridgehead atoms. The fourth-order valence-corrected chi connectivity index (χ4v) is 2.07. The topological polar surface area (TPSA) is 29.1 Å². The number of amides is 1. The number of hydrogen-bond acceptors (Lipinski definition) is 1. The van der Waals surface area contributed by atoms with Gasteiger partial charge in [0.25, 0.3) is 0 Å². The van der Waals surface area contributed by atoms with E-state index in [-0.39, 0.29) is 5.91 Å². The van der Waals surface area contributed by atoms with Crippen molar-refractivity contribution < 1.29 is 4.79 Å². The zero-order chi connectivity index (χ0) is 11.6. The van der Waals surface area contributed by atoms with Crippen LogP contribution in [0.15, 0.2) is 18.7 Å². The Balaban J connectivity index is 3.19. The second kappa shape index (κ2) is 4.69. The lowest BCUT2D eigenvalue weighted by molar-refractivity contribution is -0.114. The van der Waals surface area contributed by atoms with Crippen LogP contribution in [0.4, 0.5) is 5.69 Å². The number of carbonyl (C=O) groups excluding carboxylic acids is 1. The highest BCUT2D eigenvalue weighted by molar-refractivity contribution is 6.38. The Morgan fingerprint density at radius 1 is 1.27 bits per heavy atom. The van der Waals surface area contributed by atoms with Gasteiger partial charge in [0, 0.05) is 18.2 Å². The molecule has 4 heteroatoms. The summed E-state index contributed by atoms with van der Waals surface area (Å²) in [5, 5.41) is 3.59. The number of nitrogens with one attached hydrogen (secondary N) is 1. The minimum Gasteiger partial charge on any atom is -0.326 e. The second-order valence-electron chi connectivity index (χ2n) is 3.28. The van der Waals surface area contributed by atoms with Crippen LogP contribution < -0.4 is 5.32 Å². The van der Waals surface area contributed by atoms with Crippen LogP contribution in [-0.4, -0.2) is 5.91 Å². The van der Waals surface area contributed by atoms with Crippen LogP contribution in [-0.2, 0) is 4.79 Å². The molecule has 0 saturated carbocycles. The first kappa shape index (κ1) is 12.1. The number of allylic oxidation sites excluding steroid dienone is 1. The van der Waals surface area contributed by atoms with Crippen molar-refractivity contribution in [3.05, 3.63) is 34.3 Å². The van der Waals surface area contributed by atoms with Gasteiger partial charge in [-0.15, -0.1) is 0 Å². The molecule has 1 aromatic rings. The van der Waals surface area contributed by atoms with Crippen LogP contribution in [0.3, 0.4) is 0 Å². The molecule has 1 N–H and O–H groups in total. The summed E-state index contributed by atoms with van der Waals surface area (Å²) >= 11 is 12.0. The van der Waals surface area contributed by atoms with E-state index in [1.807, 2.05) is 6.92 Å². The molecule has 0 aliphatic rings. The number of benzene rings is 1. The van der Waals surface area contributed by atoms with Gasteiger partial charge in [-0.05, 0) is 24.6 Å². The Bertz CT molecular complexity index is 404. The molecule has 1 amide bonds. The maximum Gasteiger partial charge on any atom is 0.221 e. The summed E-state index contributed by atoms with van der Waals surface area (Å²) in [4.78, 5) is 10.8. The van der Waals surface area contributed by atoms with E-state index < -0.39 is 0 Å². The Kier molecular flexibility index (Phi) is 3.77. The number of carbonyl (C=O) groups is 1. The smallest absolute Gasteiger partial charge is 0.221 e. The minimum absolute atomic E-state index is 0.162. The third-order valence-corrected chi connectivity index (χ3v) is 2.39. The van der Waals surface area contributed by atoms with Crippen LogP contribution in [0.5, 0.6) is 0 Å². The first-order valence-electron chi connectivity index (χ1n) is 4.34. The summed E-state index contributed by atoms with van der Waals surface area (Å²) in [6, 6.07) is 3.30. The summed E-state index contributed by atoms with van der Waals surface area (Å²) in [6.45, 7) is 7.03. The normalized spacial score (nSPS) is 9.87. The van der Waals surface area contributed by atoms with Gasteiger partial charge >= 0.3 is 0 Å². The van der Waals surface area contributed by atoms with Gasteiger partial charge in [-0.25, -0.2) is 0 Å². The second-order valence-corrected chi connectivity index (χ2v) is 4.09. The molecular formula is C11H11Cl2NO. The third-order valence-electron chi connectivity index (χ3n) is 1.79. The van der Waals surface area contributed by atoms with Gasteiger partial charge in [0.05, 0.1) is 10.0 Å². The number of halogens is 2. The van der Waals surface area contributed by atoms with Crippen LogP contribution in [0.25, 0.3) is 5.57 Å². The van der Waals surface area contributed by atoms with Crippen LogP contribution in [0.1, 0.15) is 19.4 Å². The zero-order valence-corrected chi connectivity index (χ0v) is 10.0. The maximum atomic E-state index is 10.8. The van der Waals surface area contributed by atoms with Gasteiger partial charge in [0.2, 0.25) is 5.91 Å². The van der Waals surface area contributed by atoms with Gasteiger partial charge < -0.3 is 5.32 Å². The van der Waals surface area contributed by atoms with Crippen molar-refractivity contribution in [3.8, 4) is 0 Å². The van der Waals surface area contributed by atoms with Crippen molar-refractivity contribution >= 4 is 40.4 Å². The van der Waals surface area contributed by atoms with E-state index in [9.17, 15) is 4.79 Å². The predicted molar refractivity (Wildman–Crippen MR) is 65.5 cm³/mol. The van der Waals surface area contributed by atoms with E-state index in [1.54, 1.807) is 12.1 Å². The van der Waals surface area contributed by atoms with E-state index in [4.69, 9.17) is 23.2 Å². The molecular weight excluding hydrogens is 233 g/mol. The Morgan fingerprint density at radius 3 is 2.07 bits per heavy atom. The van der Waals surface area contributed by atoms with Gasteiger partial charge in [0.15, 0.2) is 0 Å². The van der Waals surface area contributed by atoms with Crippen LogP contribution in [0.2, 0.25) is 10.0 Å². The average Bonchev–Trinajstić information content (AvgIpc) is 1.99. The molecule has 0 aliphatic heterocycles. The molecule has 0 saturated heterocycles. The predicted octanol–water partition coefficient (Wildman–Crippen LogP) is 3.98. The molecule has 0 unspecified atom stereocenters. The van der Waals surface area contributed by atoms with Crippen molar-refractivity contribution in [2.75, 3.05) is 5.32 Å². The minimum atomic E-state index is -0.162. The highest BCUT2D eigenvalue weighted by Crippen LogP contribution is 2.33. The van der Waals surface area contributed by atoms with Gasteiger partial charge in [-0.2, -0.15) is 0 Å². The quantitative estimate of drug-likeness (QED) is 0.837. The van der Waals surface area contributed by atoms with Crippen molar-refractivity contribution in [3.63, 3.8) is 0 Å². The average molecular weight is 244 g/mol. The summed E-state index contributed by atoms with van der Waals surface area (Å²) < 4.78 is 0. The highest BCUT2D eigenvalue weighted by atomic mass is 35.5. The number of hydrogen-bond donors (Lipinski definition) is 1. The van der Waals surface area contributed by atoms with Gasteiger partial charge in [0.1, 0.15) is 0 Å². The summed E-state index contributed by atoms with van der Waals surface area (Å²) in [6.07, 6.45) is 0. The summed E-state index contributed by atoms with van der Waals surface area (Å²) in [7, 11) is 0. The largest absolute Gasteiger partial charge is 0.326 e. The SMILES string of the molecule is C=C(C)c1c(Cl)cc(NC(C)=O)cc1Cl. The highest BCUT2D eigenvalue weighted by Gasteiger charge is 2.09. The van der Waals surface area contributed by atoms with Gasteiger partial charge in [-0.1, -0.05) is 29.8 Å². The molecule has 0 atom stereocenters. The molecule has 0 radical (unpaired) electrons. The molecule has 15 heavy (non-hydrogen) atoms. The van der Waals surface area contributed by atoms with Crippen LogP contribution >= 0.6 is 23.2 Å². The number of anilines is 1. The maximum absolute atomic E-state index is 10.8. The van der Waals surface area contributed by atoms with Crippen molar-refractivity contribution in [1.82, 2.24) is 0 Å². The van der Waals surface area contributed by atoms with E-state index in [2.05, 4.69) is 11.9 Å².